The van der Waals surface area contributed by atoms with E-state index in [0.717, 1.165) is 5.56 Å². The Morgan fingerprint density at radius 1 is 1.00 bits per heavy atom. The molecule has 25 heavy (non-hydrogen) atoms. The Bertz CT molecular complexity index is 768. The zero-order valence-electron chi connectivity index (χ0n) is 14.1. The number of halogens is 1. The summed E-state index contributed by atoms with van der Waals surface area (Å²) in [6.45, 7) is 0.744. The molecule has 2 aromatic carbocycles. The number of likely N-dealkylation sites (tertiary alicyclic amines) is 1. The highest BCUT2D eigenvalue weighted by Gasteiger charge is 2.44. The van der Waals surface area contributed by atoms with Crippen molar-refractivity contribution in [2.45, 2.75) is 18.3 Å². The maximum absolute atomic E-state index is 13.9. The van der Waals surface area contributed by atoms with Crippen molar-refractivity contribution in [3.8, 4) is 0 Å². The summed E-state index contributed by atoms with van der Waals surface area (Å²) in [4.78, 5) is 26.7. The molecule has 1 amide bonds. The molecular formula is C20H20FNO3. The van der Waals surface area contributed by atoms with E-state index in [1.54, 1.807) is 17.0 Å². The first-order chi connectivity index (χ1) is 12.1. The third-order valence-electron chi connectivity index (χ3n) is 4.91. The number of nitrogens with zero attached hydrogens (tertiary/aromatic N) is 1. The van der Waals surface area contributed by atoms with E-state index in [-0.39, 0.29) is 17.4 Å². The van der Waals surface area contributed by atoms with Gasteiger partial charge in [-0.2, -0.15) is 0 Å². The Kier molecular flexibility index (Phi) is 4.83. The second-order valence-corrected chi connectivity index (χ2v) is 6.21. The molecular weight excluding hydrogens is 321 g/mol. The van der Waals surface area contributed by atoms with Gasteiger partial charge >= 0.3 is 5.97 Å². The van der Waals surface area contributed by atoms with Crippen molar-refractivity contribution in [1.82, 2.24) is 4.90 Å². The number of hydrogen-bond acceptors (Lipinski definition) is 3. The van der Waals surface area contributed by atoms with Crippen molar-refractivity contribution in [3.63, 3.8) is 0 Å². The molecule has 0 aliphatic carbocycles. The second kappa shape index (κ2) is 7.05. The highest BCUT2D eigenvalue weighted by molar-refractivity contribution is 5.95. The first-order valence-corrected chi connectivity index (χ1v) is 8.26. The Balaban J connectivity index is 1.82. The molecule has 1 aliphatic rings. The number of benzene rings is 2. The van der Waals surface area contributed by atoms with Gasteiger partial charge in [-0.1, -0.05) is 42.5 Å². The van der Waals surface area contributed by atoms with Crippen molar-refractivity contribution in [2.75, 3.05) is 20.2 Å². The number of rotatable bonds is 3. The van der Waals surface area contributed by atoms with Gasteiger partial charge in [0.05, 0.1) is 18.1 Å². The summed E-state index contributed by atoms with van der Waals surface area (Å²) in [5, 5.41) is 0. The monoisotopic (exact) mass is 341 g/mol. The van der Waals surface area contributed by atoms with E-state index >= 15 is 0 Å². The van der Waals surface area contributed by atoms with Gasteiger partial charge in [0.15, 0.2) is 0 Å². The fourth-order valence-electron chi connectivity index (χ4n) is 3.46. The average molecular weight is 341 g/mol. The molecule has 0 spiro atoms. The Labute approximate surface area is 146 Å². The molecule has 3 rings (SSSR count). The lowest BCUT2D eigenvalue weighted by Gasteiger charge is -2.40. The topological polar surface area (TPSA) is 46.6 Å². The van der Waals surface area contributed by atoms with E-state index in [1.165, 1.54) is 19.2 Å². The van der Waals surface area contributed by atoms with Gasteiger partial charge in [0.1, 0.15) is 5.82 Å². The van der Waals surface area contributed by atoms with Gasteiger partial charge in [0, 0.05) is 13.1 Å². The molecule has 0 radical (unpaired) electrons. The quantitative estimate of drug-likeness (QED) is 0.806. The van der Waals surface area contributed by atoms with Gasteiger partial charge in [-0.3, -0.25) is 9.59 Å². The maximum Gasteiger partial charge on any atom is 0.316 e. The molecule has 1 aliphatic heterocycles. The zero-order chi connectivity index (χ0) is 17.9. The number of carbonyl (C=O) groups excluding carboxylic acids is 2. The van der Waals surface area contributed by atoms with Crippen LogP contribution in [0, 0.1) is 5.82 Å². The summed E-state index contributed by atoms with van der Waals surface area (Å²) in [5.74, 6) is -1.17. The number of esters is 1. The van der Waals surface area contributed by atoms with Gasteiger partial charge in [0.25, 0.3) is 5.91 Å². The summed E-state index contributed by atoms with van der Waals surface area (Å²) in [6, 6.07) is 15.4. The molecule has 2 aromatic rings. The van der Waals surface area contributed by atoms with Crippen LogP contribution >= 0.6 is 0 Å². The highest BCUT2D eigenvalue weighted by atomic mass is 19.1. The summed E-state index contributed by atoms with van der Waals surface area (Å²) in [5.41, 5.74) is 0.190. The fraction of sp³-hybridized carbons (Fsp3) is 0.300. The molecule has 5 heteroatoms. The minimum Gasteiger partial charge on any atom is -0.468 e. The molecule has 4 nitrogen and oxygen atoms in total. The van der Waals surface area contributed by atoms with E-state index in [2.05, 4.69) is 0 Å². The van der Waals surface area contributed by atoms with Crippen LogP contribution in [-0.2, 0) is 14.9 Å². The Morgan fingerprint density at radius 3 is 2.20 bits per heavy atom. The summed E-state index contributed by atoms with van der Waals surface area (Å²) < 4.78 is 18.9. The number of amides is 1. The lowest BCUT2D eigenvalue weighted by molar-refractivity contribution is -0.149. The van der Waals surface area contributed by atoms with Crippen molar-refractivity contribution in [2.24, 2.45) is 0 Å². The second-order valence-electron chi connectivity index (χ2n) is 6.21. The van der Waals surface area contributed by atoms with Crippen LogP contribution in [0.3, 0.4) is 0 Å². The number of methoxy groups -OCH3 is 1. The van der Waals surface area contributed by atoms with Crippen LogP contribution in [0.2, 0.25) is 0 Å². The normalized spacial score (nSPS) is 16.3. The first-order valence-electron chi connectivity index (χ1n) is 8.26. The van der Waals surface area contributed by atoms with Crippen LogP contribution in [0.5, 0.6) is 0 Å². The standard InChI is InChI=1S/C20H20FNO3/c1-25-19(24)20(15-7-3-2-4-8-15)11-13-22(14-12-20)18(23)16-9-5-6-10-17(16)21/h2-10H,11-14H2,1H3. The maximum atomic E-state index is 13.9. The number of piperidine rings is 1. The van der Waals surface area contributed by atoms with Crippen molar-refractivity contribution < 1.29 is 18.7 Å². The smallest absolute Gasteiger partial charge is 0.316 e. The van der Waals surface area contributed by atoms with Gasteiger partial charge in [-0.15, -0.1) is 0 Å². The molecule has 0 bridgehead atoms. The molecule has 1 saturated heterocycles. The molecule has 0 atom stereocenters. The predicted molar refractivity (Wildman–Crippen MR) is 91.7 cm³/mol. The minimum atomic E-state index is -0.762. The van der Waals surface area contributed by atoms with Gasteiger partial charge in [0.2, 0.25) is 0 Å². The molecule has 0 N–H and O–H groups in total. The van der Waals surface area contributed by atoms with Gasteiger partial charge in [-0.05, 0) is 30.5 Å². The summed E-state index contributed by atoms with van der Waals surface area (Å²) >= 11 is 0. The third-order valence-corrected chi connectivity index (χ3v) is 4.91. The number of hydrogen-bond donors (Lipinski definition) is 0. The fourth-order valence-corrected chi connectivity index (χ4v) is 3.46. The van der Waals surface area contributed by atoms with E-state index in [9.17, 15) is 14.0 Å². The van der Waals surface area contributed by atoms with E-state index < -0.39 is 11.2 Å². The number of carbonyl (C=O) groups is 2. The lowest BCUT2D eigenvalue weighted by atomic mass is 9.72. The lowest BCUT2D eigenvalue weighted by Crippen LogP contribution is -2.49. The first kappa shape index (κ1) is 17.1. The zero-order valence-corrected chi connectivity index (χ0v) is 14.1. The van der Waals surface area contributed by atoms with Crippen molar-refractivity contribution in [1.29, 1.82) is 0 Å². The largest absolute Gasteiger partial charge is 0.468 e. The van der Waals surface area contributed by atoms with Crippen LogP contribution in [0.15, 0.2) is 54.6 Å². The van der Waals surface area contributed by atoms with Crippen LogP contribution < -0.4 is 0 Å². The Morgan fingerprint density at radius 2 is 1.60 bits per heavy atom. The predicted octanol–water partition coefficient (Wildman–Crippen LogP) is 3.17. The SMILES string of the molecule is COC(=O)C1(c2ccccc2)CCN(C(=O)c2ccccc2F)CC1. The van der Waals surface area contributed by atoms with Gasteiger partial charge < -0.3 is 9.64 Å². The van der Waals surface area contributed by atoms with Crippen molar-refractivity contribution >= 4 is 11.9 Å². The van der Waals surface area contributed by atoms with E-state index in [0.29, 0.717) is 25.9 Å². The molecule has 1 heterocycles. The number of ether oxygens (including phenoxy) is 1. The van der Waals surface area contributed by atoms with Crippen LogP contribution in [0.25, 0.3) is 0 Å². The van der Waals surface area contributed by atoms with E-state index in [4.69, 9.17) is 4.74 Å². The van der Waals surface area contributed by atoms with Crippen molar-refractivity contribution in [3.05, 3.63) is 71.5 Å². The molecule has 0 saturated carbocycles. The van der Waals surface area contributed by atoms with E-state index in [1.807, 2.05) is 30.3 Å². The van der Waals surface area contributed by atoms with Crippen LogP contribution in [0.4, 0.5) is 4.39 Å². The molecule has 130 valence electrons. The Hall–Kier alpha value is -2.69. The minimum absolute atomic E-state index is 0.0628. The van der Waals surface area contributed by atoms with Crippen LogP contribution in [-0.4, -0.2) is 37.0 Å². The molecule has 1 fully saturated rings. The molecule has 0 unspecified atom stereocenters. The average Bonchev–Trinajstić information content (AvgIpc) is 2.68. The summed E-state index contributed by atoms with van der Waals surface area (Å²) in [6.07, 6.45) is 0.897. The third kappa shape index (κ3) is 3.14. The molecule has 0 aromatic heterocycles. The summed E-state index contributed by atoms with van der Waals surface area (Å²) in [7, 11) is 1.38. The van der Waals surface area contributed by atoms with Crippen LogP contribution in [0.1, 0.15) is 28.8 Å². The highest BCUT2D eigenvalue weighted by Crippen LogP contribution is 2.37. The van der Waals surface area contributed by atoms with Gasteiger partial charge in [-0.25, -0.2) is 4.39 Å².